The van der Waals surface area contributed by atoms with Gasteiger partial charge in [-0.05, 0) is 38.0 Å². The third-order valence-corrected chi connectivity index (χ3v) is 3.81. The summed E-state index contributed by atoms with van der Waals surface area (Å²) in [6.45, 7) is 7.04. The van der Waals surface area contributed by atoms with E-state index < -0.39 is 0 Å². The van der Waals surface area contributed by atoms with Crippen molar-refractivity contribution < 1.29 is 0 Å². The van der Waals surface area contributed by atoms with Gasteiger partial charge in [-0.3, -0.25) is 4.90 Å². The molecule has 18 heavy (non-hydrogen) atoms. The second kappa shape index (κ2) is 7.78. The van der Waals surface area contributed by atoms with E-state index in [4.69, 9.17) is 11.6 Å². The Morgan fingerprint density at radius 3 is 2.44 bits per heavy atom. The van der Waals surface area contributed by atoms with Gasteiger partial charge in [0.25, 0.3) is 0 Å². The van der Waals surface area contributed by atoms with Gasteiger partial charge >= 0.3 is 0 Å². The van der Waals surface area contributed by atoms with E-state index in [1.54, 1.807) is 0 Å². The van der Waals surface area contributed by atoms with Gasteiger partial charge in [-0.15, -0.1) is 11.6 Å². The molecule has 0 bridgehead atoms. The van der Waals surface area contributed by atoms with Crippen molar-refractivity contribution >= 4 is 11.6 Å². The maximum absolute atomic E-state index is 5.76. The van der Waals surface area contributed by atoms with Gasteiger partial charge in [-0.25, -0.2) is 0 Å². The molecule has 0 spiro atoms. The Kier molecular flexibility index (Phi) is 5.98. The molecule has 1 aromatic rings. The van der Waals surface area contributed by atoms with E-state index in [-0.39, 0.29) is 0 Å². The summed E-state index contributed by atoms with van der Waals surface area (Å²) in [6.07, 6.45) is 2.38. The molecule has 0 aromatic heterocycles. The van der Waals surface area contributed by atoms with E-state index in [9.17, 15) is 0 Å². The van der Waals surface area contributed by atoms with Crippen LogP contribution in [0.2, 0.25) is 0 Å². The summed E-state index contributed by atoms with van der Waals surface area (Å²) in [5.74, 6) is 0.782. The first-order valence-corrected chi connectivity index (χ1v) is 7.46. The average Bonchev–Trinajstić information content (AvgIpc) is 2.63. The molecule has 0 amide bonds. The highest BCUT2D eigenvalue weighted by Gasteiger charge is 2.14. The van der Waals surface area contributed by atoms with Crippen LogP contribution in [0.25, 0.3) is 0 Å². The molecule has 1 aliphatic rings. The third kappa shape index (κ3) is 4.60. The van der Waals surface area contributed by atoms with Crippen LogP contribution in [0.4, 0.5) is 0 Å². The van der Waals surface area contributed by atoms with E-state index in [0.717, 1.165) is 25.4 Å². The van der Waals surface area contributed by atoms with E-state index >= 15 is 0 Å². The quantitative estimate of drug-likeness (QED) is 0.757. The molecule has 0 N–H and O–H groups in total. The second-order valence-electron chi connectivity index (χ2n) is 5.00. The Morgan fingerprint density at radius 1 is 0.944 bits per heavy atom. The fourth-order valence-corrected chi connectivity index (χ4v) is 2.65. The fourth-order valence-electron chi connectivity index (χ4n) is 2.53. The van der Waals surface area contributed by atoms with Crippen molar-refractivity contribution in [3.8, 4) is 0 Å². The Hall–Kier alpha value is -0.570. The van der Waals surface area contributed by atoms with Crippen LogP contribution in [-0.4, -0.2) is 48.4 Å². The molecule has 2 nitrogen and oxygen atoms in total. The zero-order valence-electron chi connectivity index (χ0n) is 11.0. The Balaban J connectivity index is 1.78. The molecule has 2 rings (SSSR count). The van der Waals surface area contributed by atoms with Gasteiger partial charge in [0.05, 0.1) is 0 Å². The highest BCUT2D eigenvalue weighted by molar-refractivity contribution is 6.17. The number of hydrogen-bond donors (Lipinski definition) is 0. The maximum atomic E-state index is 5.76. The number of benzene rings is 1. The van der Waals surface area contributed by atoms with Crippen molar-refractivity contribution in [1.82, 2.24) is 9.80 Å². The fraction of sp³-hybridized carbons (Fsp3) is 0.600. The van der Waals surface area contributed by atoms with Crippen molar-refractivity contribution in [3.63, 3.8) is 0 Å². The Labute approximate surface area is 116 Å². The first-order valence-electron chi connectivity index (χ1n) is 6.93. The number of rotatable bonds is 5. The lowest BCUT2D eigenvalue weighted by molar-refractivity contribution is 0.252. The normalized spacial score (nSPS) is 18.7. The van der Waals surface area contributed by atoms with Crippen LogP contribution < -0.4 is 0 Å². The standard InChI is InChI=1S/C15H23ClN2/c16-8-4-9-17-10-5-11-18(13-12-17)14-15-6-2-1-3-7-15/h1-3,6-7H,4-5,8-14H2. The molecule has 1 fully saturated rings. The SMILES string of the molecule is ClCCCN1CCCN(Cc2ccccc2)CC1. The molecule has 1 aliphatic heterocycles. The molecule has 100 valence electrons. The molecule has 1 saturated heterocycles. The summed E-state index contributed by atoms with van der Waals surface area (Å²) in [5.41, 5.74) is 1.42. The zero-order chi connectivity index (χ0) is 12.6. The van der Waals surface area contributed by atoms with Crippen LogP contribution in [0, 0.1) is 0 Å². The first kappa shape index (κ1) is 13.9. The third-order valence-electron chi connectivity index (χ3n) is 3.54. The van der Waals surface area contributed by atoms with Gasteiger partial charge in [0.2, 0.25) is 0 Å². The summed E-state index contributed by atoms with van der Waals surface area (Å²) < 4.78 is 0. The highest BCUT2D eigenvalue weighted by Crippen LogP contribution is 2.09. The van der Waals surface area contributed by atoms with E-state index in [2.05, 4.69) is 40.1 Å². The van der Waals surface area contributed by atoms with Crippen LogP contribution in [0.3, 0.4) is 0 Å². The largest absolute Gasteiger partial charge is 0.302 e. The summed E-state index contributed by atoms with van der Waals surface area (Å²) in [6, 6.07) is 10.8. The number of hydrogen-bond acceptors (Lipinski definition) is 2. The molecular formula is C15H23ClN2. The van der Waals surface area contributed by atoms with Crippen molar-refractivity contribution in [2.75, 3.05) is 38.6 Å². The van der Waals surface area contributed by atoms with Crippen LogP contribution in [0.15, 0.2) is 30.3 Å². The zero-order valence-corrected chi connectivity index (χ0v) is 11.8. The predicted molar refractivity (Wildman–Crippen MR) is 78.1 cm³/mol. The minimum atomic E-state index is 0.782. The maximum Gasteiger partial charge on any atom is 0.0235 e. The smallest absolute Gasteiger partial charge is 0.0235 e. The van der Waals surface area contributed by atoms with Crippen LogP contribution in [0.1, 0.15) is 18.4 Å². The van der Waals surface area contributed by atoms with Crippen molar-refractivity contribution in [1.29, 1.82) is 0 Å². The first-order chi connectivity index (χ1) is 8.88. The van der Waals surface area contributed by atoms with Crippen LogP contribution >= 0.6 is 11.6 Å². The van der Waals surface area contributed by atoms with Gasteiger partial charge in [0.1, 0.15) is 0 Å². The van der Waals surface area contributed by atoms with Gasteiger partial charge in [-0.1, -0.05) is 30.3 Å². The molecule has 1 heterocycles. The molecular weight excluding hydrogens is 244 g/mol. The second-order valence-corrected chi connectivity index (χ2v) is 5.38. The molecule has 0 unspecified atom stereocenters. The minimum Gasteiger partial charge on any atom is -0.302 e. The van der Waals surface area contributed by atoms with Crippen molar-refractivity contribution in [2.45, 2.75) is 19.4 Å². The summed E-state index contributed by atoms with van der Waals surface area (Å²) in [4.78, 5) is 5.11. The van der Waals surface area contributed by atoms with Crippen molar-refractivity contribution in [3.05, 3.63) is 35.9 Å². The molecule has 0 radical (unpaired) electrons. The van der Waals surface area contributed by atoms with E-state index in [1.165, 1.54) is 38.2 Å². The van der Waals surface area contributed by atoms with Gasteiger partial charge in [0.15, 0.2) is 0 Å². The van der Waals surface area contributed by atoms with Crippen molar-refractivity contribution in [2.24, 2.45) is 0 Å². The van der Waals surface area contributed by atoms with E-state index in [0.29, 0.717) is 0 Å². The lowest BCUT2D eigenvalue weighted by Crippen LogP contribution is -2.31. The lowest BCUT2D eigenvalue weighted by atomic mass is 10.2. The Morgan fingerprint density at radius 2 is 1.67 bits per heavy atom. The summed E-state index contributed by atoms with van der Waals surface area (Å²) in [7, 11) is 0. The molecule has 0 aliphatic carbocycles. The topological polar surface area (TPSA) is 6.48 Å². The van der Waals surface area contributed by atoms with E-state index in [1.807, 2.05) is 0 Å². The lowest BCUT2D eigenvalue weighted by Gasteiger charge is -2.21. The predicted octanol–water partition coefficient (Wildman–Crippen LogP) is 2.82. The van der Waals surface area contributed by atoms with Crippen LogP contribution in [0.5, 0.6) is 0 Å². The molecule has 1 aromatic carbocycles. The summed E-state index contributed by atoms with van der Waals surface area (Å²) >= 11 is 5.76. The van der Waals surface area contributed by atoms with Gasteiger partial charge in [0, 0.05) is 25.5 Å². The Bertz CT molecular complexity index is 329. The number of halogens is 1. The van der Waals surface area contributed by atoms with Gasteiger partial charge < -0.3 is 4.90 Å². The number of alkyl halides is 1. The number of nitrogens with zero attached hydrogens (tertiary/aromatic N) is 2. The minimum absolute atomic E-state index is 0.782. The van der Waals surface area contributed by atoms with Crippen LogP contribution in [-0.2, 0) is 6.54 Å². The molecule has 3 heteroatoms. The molecule has 0 atom stereocenters. The highest BCUT2D eigenvalue weighted by atomic mass is 35.5. The average molecular weight is 267 g/mol. The summed E-state index contributed by atoms with van der Waals surface area (Å²) in [5, 5.41) is 0. The van der Waals surface area contributed by atoms with Gasteiger partial charge in [-0.2, -0.15) is 0 Å². The monoisotopic (exact) mass is 266 g/mol. The molecule has 0 saturated carbocycles.